The van der Waals surface area contributed by atoms with Crippen LogP contribution in [0.1, 0.15) is 0 Å². The summed E-state index contributed by atoms with van der Waals surface area (Å²) < 4.78 is 0. The molecule has 132 valence electrons. The van der Waals surface area contributed by atoms with E-state index in [9.17, 15) is 0 Å². The number of hydrogen-bond donors (Lipinski definition) is 0. The summed E-state index contributed by atoms with van der Waals surface area (Å²) in [5.74, 6) is 0. The highest BCUT2D eigenvalue weighted by Gasteiger charge is 2.08. The molecule has 0 radical (unpaired) electrons. The summed E-state index contributed by atoms with van der Waals surface area (Å²) in [4.78, 5) is 13.1. The van der Waals surface area contributed by atoms with E-state index in [-0.39, 0.29) is 0 Å². The van der Waals surface area contributed by atoms with Crippen molar-refractivity contribution in [3.8, 4) is 33.5 Å². The van der Waals surface area contributed by atoms with E-state index >= 15 is 0 Å². The SMILES string of the molecule is c1ccc(-c2ccc(-c3ncnc4cc(-c5ccncc5)ccc34)cc2)cc1. The van der Waals surface area contributed by atoms with Gasteiger partial charge in [-0.05, 0) is 46.5 Å². The second kappa shape index (κ2) is 7.05. The minimum atomic E-state index is 0.937. The van der Waals surface area contributed by atoms with E-state index in [0.29, 0.717) is 0 Å². The summed E-state index contributed by atoms with van der Waals surface area (Å²) in [5.41, 5.74) is 7.63. The Bertz CT molecular complexity index is 1230. The third kappa shape index (κ3) is 3.03. The number of hydrogen-bond acceptors (Lipinski definition) is 3. The normalized spacial score (nSPS) is 10.9. The van der Waals surface area contributed by atoms with Crippen molar-refractivity contribution < 1.29 is 0 Å². The van der Waals surface area contributed by atoms with Gasteiger partial charge in [0, 0.05) is 23.3 Å². The van der Waals surface area contributed by atoms with Crippen molar-refractivity contribution in [2.24, 2.45) is 0 Å². The van der Waals surface area contributed by atoms with E-state index < -0.39 is 0 Å². The van der Waals surface area contributed by atoms with Crippen LogP contribution >= 0.6 is 0 Å². The molecule has 0 amide bonds. The van der Waals surface area contributed by atoms with Gasteiger partial charge in [0.25, 0.3) is 0 Å². The molecule has 5 aromatic rings. The monoisotopic (exact) mass is 359 g/mol. The molecule has 0 aliphatic carbocycles. The first-order valence-electron chi connectivity index (χ1n) is 9.19. The lowest BCUT2D eigenvalue weighted by atomic mass is 9.99. The van der Waals surface area contributed by atoms with E-state index in [2.05, 4.69) is 81.7 Å². The van der Waals surface area contributed by atoms with Crippen LogP contribution in [0.5, 0.6) is 0 Å². The summed E-state index contributed by atoms with van der Waals surface area (Å²) in [6, 6.07) is 29.3. The molecule has 0 unspecified atom stereocenters. The Labute approximate surface area is 163 Å². The second-order valence-corrected chi connectivity index (χ2v) is 6.63. The van der Waals surface area contributed by atoms with Gasteiger partial charge in [-0.25, -0.2) is 9.97 Å². The van der Waals surface area contributed by atoms with Crippen molar-refractivity contribution in [2.45, 2.75) is 0 Å². The number of fused-ring (bicyclic) bond motifs is 1. The first kappa shape index (κ1) is 16.3. The van der Waals surface area contributed by atoms with Crippen LogP contribution in [-0.4, -0.2) is 15.0 Å². The van der Waals surface area contributed by atoms with Crippen LogP contribution < -0.4 is 0 Å². The lowest BCUT2D eigenvalue weighted by Crippen LogP contribution is -1.90. The quantitative estimate of drug-likeness (QED) is 0.395. The minimum Gasteiger partial charge on any atom is -0.265 e. The molecule has 3 nitrogen and oxygen atoms in total. The van der Waals surface area contributed by atoms with Gasteiger partial charge in [-0.2, -0.15) is 0 Å². The zero-order valence-corrected chi connectivity index (χ0v) is 15.2. The smallest absolute Gasteiger partial charge is 0.116 e. The molecule has 3 heteroatoms. The lowest BCUT2D eigenvalue weighted by Gasteiger charge is -2.08. The Morgan fingerprint density at radius 3 is 1.93 bits per heavy atom. The summed E-state index contributed by atoms with van der Waals surface area (Å²) in [6.07, 6.45) is 5.25. The molecule has 2 aromatic heterocycles. The molecule has 5 rings (SSSR count). The van der Waals surface area contributed by atoms with E-state index in [0.717, 1.165) is 33.3 Å². The van der Waals surface area contributed by atoms with Gasteiger partial charge in [-0.1, -0.05) is 60.7 Å². The maximum atomic E-state index is 4.56. The van der Waals surface area contributed by atoms with Crippen molar-refractivity contribution in [3.05, 3.63) is 104 Å². The van der Waals surface area contributed by atoms with E-state index in [1.54, 1.807) is 18.7 Å². The zero-order chi connectivity index (χ0) is 18.8. The van der Waals surface area contributed by atoms with Crippen LogP contribution in [0.4, 0.5) is 0 Å². The van der Waals surface area contributed by atoms with Gasteiger partial charge in [0.05, 0.1) is 11.2 Å². The molecule has 28 heavy (non-hydrogen) atoms. The molecular weight excluding hydrogens is 342 g/mol. The molecule has 0 fully saturated rings. The Morgan fingerprint density at radius 2 is 1.14 bits per heavy atom. The Morgan fingerprint density at radius 1 is 0.500 bits per heavy atom. The molecule has 0 atom stereocenters. The summed E-state index contributed by atoms with van der Waals surface area (Å²) in [7, 11) is 0. The van der Waals surface area contributed by atoms with Crippen molar-refractivity contribution in [3.63, 3.8) is 0 Å². The van der Waals surface area contributed by atoms with E-state index in [1.807, 2.05) is 18.2 Å². The topological polar surface area (TPSA) is 38.7 Å². The van der Waals surface area contributed by atoms with Crippen LogP contribution in [-0.2, 0) is 0 Å². The fraction of sp³-hybridized carbons (Fsp3) is 0. The average molecular weight is 359 g/mol. The van der Waals surface area contributed by atoms with Gasteiger partial charge >= 0.3 is 0 Å². The molecule has 3 aromatic carbocycles. The predicted molar refractivity (Wildman–Crippen MR) is 114 cm³/mol. The van der Waals surface area contributed by atoms with Gasteiger partial charge in [-0.3, -0.25) is 4.98 Å². The zero-order valence-electron chi connectivity index (χ0n) is 15.2. The van der Waals surface area contributed by atoms with Crippen molar-refractivity contribution in [1.82, 2.24) is 15.0 Å². The largest absolute Gasteiger partial charge is 0.265 e. The number of nitrogens with zero attached hydrogens (tertiary/aromatic N) is 3. The number of rotatable bonds is 3. The third-order valence-corrected chi connectivity index (χ3v) is 4.92. The molecule has 0 saturated heterocycles. The van der Waals surface area contributed by atoms with E-state index in [1.165, 1.54) is 11.1 Å². The highest BCUT2D eigenvalue weighted by Crippen LogP contribution is 2.30. The summed E-state index contributed by atoms with van der Waals surface area (Å²) in [5, 5.41) is 1.05. The highest BCUT2D eigenvalue weighted by atomic mass is 14.8. The van der Waals surface area contributed by atoms with Crippen LogP contribution in [0.25, 0.3) is 44.4 Å². The highest BCUT2D eigenvalue weighted by molar-refractivity contribution is 5.94. The Hall–Kier alpha value is -3.85. The molecule has 0 spiro atoms. The van der Waals surface area contributed by atoms with Gasteiger partial charge in [0.15, 0.2) is 0 Å². The van der Waals surface area contributed by atoms with Crippen molar-refractivity contribution >= 4 is 10.9 Å². The fourth-order valence-corrected chi connectivity index (χ4v) is 3.46. The standard InChI is InChI=1S/C25H17N3/c1-2-4-18(5-3-1)19-6-8-21(9-7-19)25-23-11-10-22(16-24(23)27-17-28-25)20-12-14-26-15-13-20/h1-17H. The molecule has 0 bridgehead atoms. The first-order valence-corrected chi connectivity index (χ1v) is 9.19. The molecule has 0 saturated carbocycles. The number of aromatic nitrogens is 3. The average Bonchev–Trinajstić information content (AvgIpc) is 2.79. The Kier molecular flexibility index (Phi) is 4.11. The van der Waals surface area contributed by atoms with Gasteiger partial charge < -0.3 is 0 Å². The van der Waals surface area contributed by atoms with E-state index in [4.69, 9.17) is 0 Å². The lowest BCUT2D eigenvalue weighted by molar-refractivity contribution is 1.22. The van der Waals surface area contributed by atoms with Crippen LogP contribution in [0.3, 0.4) is 0 Å². The number of benzene rings is 3. The predicted octanol–water partition coefficient (Wildman–Crippen LogP) is 6.03. The van der Waals surface area contributed by atoms with Crippen LogP contribution in [0.15, 0.2) is 104 Å². The van der Waals surface area contributed by atoms with Crippen molar-refractivity contribution in [1.29, 1.82) is 0 Å². The maximum absolute atomic E-state index is 4.56. The second-order valence-electron chi connectivity index (χ2n) is 6.63. The van der Waals surface area contributed by atoms with Crippen molar-refractivity contribution in [2.75, 3.05) is 0 Å². The molecule has 0 aliphatic rings. The number of pyridine rings is 1. The maximum Gasteiger partial charge on any atom is 0.116 e. The molecule has 0 N–H and O–H groups in total. The van der Waals surface area contributed by atoms with Crippen LogP contribution in [0, 0.1) is 0 Å². The molecule has 2 heterocycles. The fourth-order valence-electron chi connectivity index (χ4n) is 3.46. The van der Waals surface area contributed by atoms with Gasteiger partial charge in [-0.15, -0.1) is 0 Å². The van der Waals surface area contributed by atoms with Crippen LogP contribution in [0.2, 0.25) is 0 Å². The van der Waals surface area contributed by atoms with Gasteiger partial charge in [0.2, 0.25) is 0 Å². The first-order chi connectivity index (χ1) is 13.9. The molecular formula is C25H17N3. The third-order valence-electron chi connectivity index (χ3n) is 4.92. The van der Waals surface area contributed by atoms with Gasteiger partial charge in [0.1, 0.15) is 6.33 Å². The Balaban J connectivity index is 1.56. The minimum absolute atomic E-state index is 0.937. The summed E-state index contributed by atoms with van der Waals surface area (Å²) in [6.45, 7) is 0. The molecule has 0 aliphatic heterocycles. The summed E-state index contributed by atoms with van der Waals surface area (Å²) >= 11 is 0.